The molecule has 0 aromatic carbocycles. The van der Waals surface area contributed by atoms with Crippen molar-refractivity contribution in [3.8, 4) is 0 Å². The minimum absolute atomic E-state index is 0.0900. The molecule has 1 N–H and O–H groups in total. The first-order valence-corrected chi connectivity index (χ1v) is 5.52. The fourth-order valence-corrected chi connectivity index (χ4v) is 2.82. The number of nitrogens with one attached hydrogen (secondary N) is 1. The van der Waals surface area contributed by atoms with Gasteiger partial charge in [-0.15, -0.1) is 0 Å². The Bertz CT molecular complexity index is 280. The molecule has 0 aromatic heterocycles. The summed E-state index contributed by atoms with van der Waals surface area (Å²) < 4.78 is 19.3. The van der Waals surface area contributed by atoms with E-state index in [0.717, 1.165) is 19.3 Å². The first kappa shape index (κ1) is 10.9. The molecule has 0 spiro atoms. The van der Waals surface area contributed by atoms with Gasteiger partial charge in [0.05, 0.1) is 7.11 Å². The number of carbonyl (C=O) groups excluding carboxylic acids is 1. The normalized spacial score (nSPS) is 41.3. The van der Waals surface area contributed by atoms with E-state index in [-0.39, 0.29) is 6.54 Å². The molecule has 2 rings (SSSR count). The molecule has 1 saturated carbocycles. The molecule has 15 heavy (non-hydrogen) atoms. The number of halogens is 1. The standard InChI is InChI=1S/C11H18FNO2/c1-10(8-4-3-5-8)6-13-7-11(10,12)9(14)15-2/h8,13H,3-7H2,1-2H3. The highest BCUT2D eigenvalue weighted by atomic mass is 19.1. The summed E-state index contributed by atoms with van der Waals surface area (Å²) in [7, 11) is 1.25. The van der Waals surface area contributed by atoms with Crippen molar-refractivity contribution in [1.29, 1.82) is 0 Å². The highest BCUT2D eigenvalue weighted by Crippen LogP contribution is 2.52. The maximum Gasteiger partial charge on any atom is 0.345 e. The van der Waals surface area contributed by atoms with Gasteiger partial charge in [0.25, 0.3) is 0 Å². The van der Waals surface area contributed by atoms with Gasteiger partial charge < -0.3 is 10.1 Å². The largest absolute Gasteiger partial charge is 0.467 e. The minimum Gasteiger partial charge on any atom is -0.467 e. The van der Waals surface area contributed by atoms with Gasteiger partial charge in [-0.05, 0) is 18.8 Å². The molecule has 1 saturated heterocycles. The van der Waals surface area contributed by atoms with Crippen molar-refractivity contribution in [2.75, 3.05) is 20.2 Å². The maximum atomic E-state index is 14.7. The third-order valence-corrected chi connectivity index (χ3v) is 4.28. The Morgan fingerprint density at radius 1 is 1.47 bits per heavy atom. The van der Waals surface area contributed by atoms with Crippen LogP contribution in [0.4, 0.5) is 4.39 Å². The van der Waals surface area contributed by atoms with Crippen LogP contribution in [0.2, 0.25) is 0 Å². The Morgan fingerprint density at radius 3 is 2.60 bits per heavy atom. The fraction of sp³-hybridized carbons (Fsp3) is 0.909. The Labute approximate surface area is 89.4 Å². The molecule has 86 valence electrons. The summed E-state index contributed by atoms with van der Waals surface area (Å²) in [5.41, 5.74) is -2.43. The van der Waals surface area contributed by atoms with E-state index < -0.39 is 17.1 Å². The number of methoxy groups -OCH3 is 1. The molecule has 4 heteroatoms. The van der Waals surface area contributed by atoms with Crippen molar-refractivity contribution in [3.63, 3.8) is 0 Å². The number of hydrogen-bond donors (Lipinski definition) is 1. The second kappa shape index (κ2) is 3.44. The molecule has 1 aliphatic carbocycles. The van der Waals surface area contributed by atoms with Gasteiger partial charge in [-0.3, -0.25) is 0 Å². The predicted molar refractivity (Wildman–Crippen MR) is 54.2 cm³/mol. The number of alkyl halides is 1. The summed E-state index contributed by atoms with van der Waals surface area (Å²) in [5, 5.41) is 2.99. The Hall–Kier alpha value is -0.640. The lowest BCUT2D eigenvalue weighted by atomic mass is 9.60. The molecule has 0 bridgehead atoms. The van der Waals surface area contributed by atoms with Crippen LogP contribution < -0.4 is 5.32 Å². The third kappa shape index (κ3) is 1.30. The quantitative estimate of drug-likeness (QED) is 0.705. The van der Waals surface area contributed by atoms with Crippen molar-refractivity contribution >= 4 is 5.97 Å². The highest BCUT2D eigenvalue weighted by molar-refractivity contribution is 5.81. The molecular weight excluding hydrogens is 197 g/mol. The van der Waals surface area contributed by atoms with Crippen LogP contribution in [0, 0.1) is 11.3 Å². The van der Waals surface area contributed by atoms with E-state index in [1.54, 1.807) is 0 Å². The molecule has 2 unspecified atom stereocenters. The van der Waals surface area contributed by atoms with E-state index in [2.05, 4.69) is 10.1 Å². The summed E-state index contributed by atoms with van der Waals surface area (Å²) in [4.78, 5) is 11.6. The number of rotatable bonds is 2. The zero-order valence-corrected chi connectivity index (χ0v) is 9.31. The second-order valence-electron chi connectivity index (χ2n) is 4.94. The summed E-state index contributed by atoms with van der Waals surface area (Å²) in [6, 6.07) is 0. The zero-order valence-electron chi connectivity index (χ0n) is 9.31. The molecule has 0 aromatic rings. The lowest BCUT2D eigenvalue weighted by Gasteiger charge is -2.45. The van der Waals surface area contributed by atoms with Crippen LogP contribution in [0.25, 0.3) is 0 Å². The summed E-state index contributed by atoms with van der Waals surface area (Å²) in [5.74, 6) is -0.404. The molecule has 2 fully saturated rings. The Balaban J connectivity index is 2.25. The lowest BCUT2D eigenvalue weighted by Crippen LogP contribution is -2.54. The van der Waals surface area contributed by atoms with Crippen LogP contribution in [0.3, 0.4) is 0 Å². The lowest BCUT2D eigenvalue weighted by molar-refractivity contribution is -0.165. The third-order valence-electron chi connectivity index (χ3n) is 4.28. The van der Waals surface area contributed by atoms with Crippen molar-refractivity contribution in [3.05, 3.63) is 0 Å². The van der Waals surface area contributed by atoms with E-state index in [1.807, 2.05) is 6.92 Å². The first-order chi connectivity index (χ1) is 7.04. The van der Waals surface area contributed by atoms with E-state index in [4.69, 9.17) is 0 Å². The zero-order chi connectivity index (χ0) is 11.1. The monoisotopic (exact) mass is 215 g/mol. The Morgan fingerprint density at radius 2 is 2.13 bits per heavy atom. The van der Waals surface area contributed by atoms with Crippen molar-refractivity contribution in [2.24, 2.45) is 11.3 Å². The number of esters is 1. The smallest absolute Gasteiger partial charge is 0.345 e. The molecule has 1 heterocycles. The fourth-order valence-electron chi connectivity index (χ4n) is 2.82. The highest BCUT2D eigenvalue weighted by Gasteiger charge is 2.62. The summed E-state index contributed by atoms with van der Waals surface area (Å²) in [6.07, 6.45) is 3.21. The SMILES string of the molecule is COC(=O)C1(F)CNCC1(C)C1CCC1. The van der Waals surface area contributed by atoms with E-state index in [0.29, 0.717) is 12.5 Å². The van der Waals surface area contributed by atoms with Gasteiger partial charge in [-0.25, -0.2) is 9.18 Å². The van der Waals surface area contributed by atoms with Gasteiger partial charge in [-0.2, -0.15) is 0 Å². The average molecular weight is 215 g/mol. The van der Waals surface area contributed by atoms with Crippen molar-refractivity contribution in [2.45, 2.75) is 31.9 Å². The number of hydrogen-bond acceptors (Lipinski definition) is 3. The van der Waals surface area contributed by atoms with Crippen molar-refractivity contribution in [1.82, 2.24) is 5.32 Å². The first-order valence-electron chi connectivity index (χ1n) is 5.52. The van der Waals surface area contributed by atoms with E-state index in [1.165, 1.54) is 7.11 Å². The molecule has 3 nitrogen and oxygen atoms in total. The van der Waals surface area contributed by atoms with E-state index >= 15 is 0 Å². The van der Waals surface area contributed by atoms with Crippen LogP contribution in [-0.4, -0.2) is 31.8 Å². The molecular formula is C11H18FNO2. The predicted octanol–water partition coefficient (Wildman–Crippen LogP) is 1.28. The number of ether oxygens (including phenoxy) is 1. The number of carbonyl (C=O) groups is 1. The maximum absolute atomic E-state index is 14.7. The molecule has 0 radical (unpaired) electrons. The molecule has 2 aliphatic rings. The van der Waals surface area contributed by atoms with Gasteiger partial charge in [0.1, 0.15) is 0 Å². The van der Waals surface area contributed by atoms with Gasteiger partial charge in [0.15, 0.2) is 0 Å². The molecule has 1 aliphatic heterocycles. The average Bonchev–Trinajstić information content (AvgIpc) is 2.40. The van der Waals surface area contributed by atoms with Crippen molar-refractivity contribution < 1.29 is 13.9 Å². The second-order valence-corrected chi connectivity index (χ2v) is 4.94. The van der Waals surface area contributed by atoms with Crippen LogP contribution in [0.5, 0.6) is 0 Å². The van der Waals surface area contributed by atoms with E-state index in [9.17, 15) is 9.18 Å². The Kier molecular flexibility index (Phi) is 2.49. The van der Waals surface area contributed by atoms with Gasteiger partial charge >= 0.3 is 5.97 Å². The van der Waals surface area contributed by atoms with Gasteiger partial charge in [0.2, 0.25) is 5.67 Å². The van der Waals surface area contributed by atoms with Crippen LogP contribution in [-0.2, 0) is 9.53 Å². The van der Waals surface area contributed by atoms with Gasteiger partial charge in [0, 0.05) is 18.5 Å². The van der Waals surface area contributed by atoms with Gasteiger partial charge in [-0.1, -0.05) is 13.3 Å². The van der Waals surface area contributed by atoms with Crippen LogP contribution >= 0.6 is 0 Å². The van der Waals surface area contributed by atoms with Crippen LogP contribution in [0.15, 0.2) is 0 Å². The van der Waals surface area contributed by atoms with Crippen LogP contribution in [0.1, 0.15) is 26.2 Å². The topological polar surface area (TPSA) is 38.3 Å². The molecule has 0 amide bonds. The minimum atomic E-state index is -1.84. The summed E-state index contributed by atoms with van der Waals surface area (Å²) in [6.45, 7) is 2.53. The summed E-state index contributed by atoms with van der Waals surface area (Å²) >= 11 is 0. The molecule has 2 atom stereocenters.